The fourth-order valence-corrected chi connectivity index (χ4v) is 3.86. The van der Waals surface area contributed by atoms with Gasteiger partial charge in [0.2, 0.25) is 5.91 Å². The molecule has 0 bridgehead atoms. The van der Waals surface area contributed by atoms with E-state index in [1.165, 1.54) is 6.07 Å². The van der Waals surface area contributed by atoms with E-state index in [2.05, 4.69) is 9.97 Å². The summed E-state index contributed by atoms with van der Waals surface area (Å²) < 4.78 is 20.0. The number of nitrogens with zero attached hydrogens (tertiary/aromatic N) is 2. The van der Waals surface area contributed by atoms with Crippen molar-refractivity contribution in [2.24, 2.45) is 0 Å². The highest BCUT2D eigenvalue weighted by molar-refractivity contribution is 5.90. The molecule has 4 rings (SSSR count). The molecule has 1 amide bonds. The first-order chi connectivity index (χ1) is 13.6. The summed E-state index contributed by atoms with van der Waals surface area (Å²) in [5, 5.41) is 0.784. The Morgan fingerprint density at radius 1 is 1.36 bits per heavy atom. The molecular weight excluding hydrogens is 357 g/mol. The number of hydrogen-bond acceptors (Lipinski definition) is 3. The number of benzene rings is 1. The number of nitrogens with one attached hydrogen (secondary N) is 1. The molecule has 0 spiro atoms. The first-order valence-electron chi connectivity index (χ1n) is 9.66. The van der Waals surface area contributed by atoms with E-state index in [9.17, 15) is 9.18 Å². The number of carbonyl (C=O) groups is 1. The average Bonchev–Trinajstić information content (AvgIpc) is 3.04. The fraction of sp³-hybridized carbons (Fsp3) is 0.364. The number of amides is 1. The molecule has 1 aliphatic rings. The summed E-state index contributed by atoms with van der Waals surface area (Å²) in [6, 6.07) is 8.85. The van der Waals surface area contributed by atoms with Crippen molar-refractivity contribution in [2.45, 2.75) is 38.9 Å². The van der Waals surface area contributed by atoms with Crippen LogP contribution in [0.3, 0.4) is 0 Å². The Morgan fingerprint density at radius 3 is 3.07 bits per heavy atom. The Kier molecular flexibility index (Phi) is 5.39. The zero-order valence-corrected chi connectivity index (χ0v) is 16.0. The molecule has 28 heavy (non-hydrogen) atoms. The van der Waals surface area contributed by atoms with Gasteiger partial charge in [-0.25, -0.2) is 4.39 Å². The number of rotatable bonds is 5. The fourth-order valence-electron chi connectivity index (χ4n) is 3.86. The van der Waals surface area contributed by atoms with Crippen LogP contribution in [-0.4, -0.2) is 40.0 Å². The summed E-state index contributed by atoms with van der Waals surface area (Å²) in [7, 11) is 0. The van der Waals surface area contributed by atoms with Gasteiger partial charge >= 0.3 is 0 Å². The van der Waals surface area contributed by atoms with Crippen molar-refractivity contribution in [3.05, 3.63) is 65.4 Å². The number of fused-ring (bicyclic) bond motifs is 1. The summed E-state index contributed by atoms with van der Waals surface area (Å²) in [6.45, 7) is 3.72. The standard InChI is InChI=1S/C22H24FN3O2/c1-15-19(18-7-2-8-20(23)22(18)25-15)11-21(27)26-10-4-6-17(13-26)28-14-16-5-3-9-24-12-16/h2-3,5,7-9,12,17,25H,4,6,10-11,13-14H2,1H3. The highest BCUT2D eigenvalue weighted by Gasteiger charge is 2.25. The van der Waals surface area contributed by atoms with Crippen LogP contribution in [0.25, 0.3) is 10.9 Å². The van der Waals surface area contributed by atoms with Crippen molar-refractivity contribution >= 4 is 16.8 Å². The van der Waals surface area contributed by atoms with Crippen molar-refractivity contribution in [3.63, 3.8) is 0 Å². The van der Waals surface area contributed by atoms with Crippen LogP contribution in [-0.2, 0) is 22.6 Å². The van der Waals surface area contributed by atoms with Crippen LogP contribution in [0.15, 0.2) is 42.7 Å². The van der Waals surface area contributed by atoms with Crippen molar-refractivity contribution in [1.82, 2.24) is 14.9 Å². The number of ether oxygens (including phenoxy) is 1. The molecule has 1 saturated heterocycles. The number of aromatic nitrogens is 2. The molecule has 1 unspecified atom stereocenters. The van der Waals surface area contributed by atoms with Crippen LogP contribution in [0, 0.1) is 12.7 Å². The lowest BCUT2D eigenvalue weighted by Crippen LogP contribution is -2.43. The van der Waals surface area contributed by atoms with Crippen molar-refractivity contribution < 1.29 is 13.9 Å². The maximum absolute atomic E-state index is 14.0. The lowest BCUT2D eigenvalue weighted by molar-refractivity contribution is -0.134. The van der Waals surface area contributed by atoms with E-state index in [4.69, 9.17) is 4.74 Å². The topological polar surface area (TPSA) is 58.2 Å². The van der Waals surface area contributed by atoms with Gasteiger partial charge in [-0.05, 0) is 43.0 Å². The minimum absolute atomic E-state index is 0.0272. The average molecular weight is 381 g/mol. The van der Waals surface area contributed by atoms with Gasteiger partial charge in [0.05, 0.1) is 24.6 Å². The molecule has 1 N–H and O–H groups in total. The molecule has 0 radical (unpaired) electrons. The minimum Gasteiger partial charge on any atom is -0.372 e. The lowest BCUT2D eigenvalue weighted by atomic mass is 10.0. The maximum Gasteiger partial charge on any atom is 0.227 e. The van der Waals surface area contributed by atoms with Crippen LogP contribution in [0.2, 0.25) is 0 Å². The Balaban J connectivity index is 1.41. The zero-order valence-electron chi connectivity index (χ0n) is 16.0. The van der Waals surface area contributed by atoms with Crippen molar-refractivity contribution in [2.75, 3.05) is 13.1 Å². The number of piperidine rings is 1. The largest absolute Gasteiger partial charge is 0.372 e. The van der Waals surface area contributed by atoms with E-state index < -0.39 is 0 Å². The second-order valence-electron chi connectivity index (χ2n) is 7.34. The number of likely N-dealkylation sites (tertiary alicyclic amines) is 1. The van der Waals surface area contributed by atoms with Gasteiger partial charge in [0.25, 0.3) is 0 Å². The van der Waals surface area contributed by atoms with Gasteiger partial charge < -0.3 is 14.6 Å². The number of aryl methyl sites for hydroxylation is 1. The maximum atomic E-state index is 14.0. The van der Waals surface area contributed by atoms with E-state index in [-0.39, 0.29) is 24.2 Å². The first-order valence-corrected chi connectivity index (χ1v) is 9.66. The normalized spacial score (nSPS) is 17.2. The van der Waals surface area contributed by atoms with Gasteiger partial charge in [0.1, 0.15) is 5.82 Å². The molecule has 5 nitrogen and oxygen atoms in total. The van der Waals surface area contributed by atoms with Gasteiger partial charge in [-0.1, -0.05) is 18.2 Å². The molecule has 0 saturated carbocycles. The molecule has 2 aromatic heterocycles. The summed E-state index contributed by atoms with van der Waals surface area (Å²) in [5.41, 5.74) is 3.22. The first kappa shape index (κ1) is 18.6. The van der Waals surface area contributed by atoms with E-state index in [0.29, 0.717) is 18.7 Å². The molecule has 3 heterocycles. The smallest absolute Gasteiger partial charge is 0.227 e. The third kappa shape index (κ3) is 3.92. The highest BCUT2D eigenvalue weighted by Crippen LogP contribution is 2.26. The predicted molar refractivity (Wildman–Crippen MR) is 105 cm³/mol. The third-order valence-corrected chi connectivity index (χ3v) is 5.37. The summed E-state index contributed by atoms with van der Waals surface area (Å²) in [6.07, 6.45) is 5.70. The van der Waals surface area contributed by atoms with Crippen molar-refractivity contribution in [3.8, 4) is 0 Å². The zero-order chi connectivity index (χ0) is 19.5. The molecular formula is C22H24FN3O2. The van der Waals surface area contributed by atoms with Gasteiger partial charge in [0, 0.05) is 36.6 Å². The molecule has 6 heteroatoms. The quantitative estimate of drug-likeness (QED) is 0.732. The number of carbonyl (C=O) groups excluding carboxylic acids is 1. The van der Waals surface area contributed by atoms with Gasteiger partial charge in [-0.2, -0.15) is 0 Å². The van der Waals surface area contributed by atoms with E-state index >= 15 is 0 Å². The van der Waals surface area contributed by atoms with Gasteiger partial charge in [-0.3, -0.25) is 9.78 Å². The van der Waals surface area contributed by atoms with Gasteiger partial charge in [0.15, 0.2) is 0 Å². The predicted octanol–water partition coefficient (Wildman–Crippen LogP) is 3.76. The summed E-state index contributed by atoms with van der Waals surface area (Å²) in [5.74, 6) is -0.232. The van der Waals surface area contributed by atoms with Gasteiger partial charge in [-0.15, -0.1) is 0 Å². The molecule has 0 aliphatic carbocycles. The minimum atomic E-state index is -0.291. The monoisotopic (exact) mass is 381 g/mol. The Morgan fingerprint density at radius 2 is 2.25 bits per heavy atom. The number of pyridine rings is 1. The van der Waals surface area contributed by atoms with E-state index in [1.807, 2.05) is 30.0 Å². The molecule has 1 aliphatic heterocycles. The molecule has 1 atom stereocenters. The molecule has 1 aromatic carbocycles. The summed E-state index contributed by atoms with van der Waals surface area (Å²) >= 11 is 0. The van der Waals surface area contributed by atoms with Crippen LogP contribution in [0.1, 0.15) is 29.7 Å². The lowest BCUT2D eigenvalue weighted by Gasteiger charge is -2.33. The second kappa shape index (κ2) is 8.10. The Hall–Kier alpha value is -2.73. The number of hydrogen-bond donors (Lipinski definition) is 1. The molecule has 3 aromatic rings. The van der Waals surface area contributed by atoms with Crippen LogP contribution in [0.5, 0.6) is 0 Å². The highest BCUT2D eigenvalue weighted by atomic mass is 19.1. The number of aromatic amines is 1. The summed E-state index contributed by atoms with van der Waals surface area (Å²) in [4.78, 5) is 22.0. The SMILES string of the molecule is Cc1[nH]c2c(F)cccc2c1CC(=O)N1CCCC(OCc2cccnc2)C1. The molecule has 1 fully saturated rings. The second-order valence-corrected chi connectivity index (χ2v) is 7.34. The van der Waals surface area contributed by atoms with Crippen molar-refractivity contribution in [1.29, 1.82) is 0 Å². The number of halogens is 1. The van der Waals surface area contributed by atoms with E-state index in [0.717, 1.165) is 41.6 Å². The van der Waals surface area contributed by atoms with E-state index in [1.54, 1.807) is 18.5 Å². The Bertz CT molecular complexity index is 971. The third-order valence-electron chi connectivity index (χ3n) is 5.37. The van der Waals surface area contributed by atoms with Crippen LogP contribution < -0.4 is 0 Å². The number of H-pyrrole nitrogens is 1. The van der Waals surface area contributed by atoms with Crippen LogP contribution >= 0.6 is 0 Å². The van der Waals surface area contributed by atoms with Crippen LogP contribution in [0.4, 0.5) is 4.39 Å². The molecule has 146 valence electrons. The number of para-hydroxylation sites is 1. The Labute approximate surface area is 163 Å².